The van der Waals surface area contributed by atoms with E-state index in [1.54, 1.807) is 36.5 Å². The Hall–Kier alpha value is -1.40. The highest BCUT2D eigenvalue weighted by Crippen LogP contribution is 2.21. The molecule has 0 unspecified atom stereocenters. The topological polar surface area (TPSA) is 59.1 Å². The average molecular weight is 341 g/mol. The van der Waals surface area contributed by atoms with Gasteiger partial charge in [-0.3, -0.25) is 4.72 Å². The fourth-order valence-electron chi connectivity index (χ4n) is 1.51. The van der Waals surface area contributed by atoms with Gasteiger partial charge < -0.3 is 0 Å². The van der Waals surface area contributed by atoms with E-state index in [-0.39, 0.29) is 4.90 Å². The number of aryl methyl sites for hydroxylation is 2. The molecule has 0 fully saturated rings. The predicted octanol–water partition coefficient (Wildman–Crippen LogP) is 3.26. The fraction of sp³-hybridized carbons (Fsp3) is 0.154. The minimum absolute atomic E-state index is 0.218. The molecule has 0 amide bonds. The van der Waals surface area contributed by atoms with E-state index < -0.39 is 10.0 Å². The number of halogens is 1. The van der Waals surface area contributed by atoms with Gasteiger partial charge in [0.25, 0.3) is 10.0 Å². The molecular weight excluding hydrogens is 328 g/mol. The van der Waals surface area contributed by atoms with E-state index in [9.17, 15) is 8.42 Å². The first kappa shape index (κ1) is 14.0. The Morgan fingerprint density at radius 2 is 1.89 bits per heavy atom. The molecule has 0 aliphatic carbocycles. The number of sulfonamides is 1. The summed E-state index contributed by atoms with van der Waals surface area (Å²) in [7, 11) is -3.60. The zero-order valence-electron chi connectivity index (χ0n) is 10.5. The van der Waals surface area contributed by atoms with E-state index >= 15 is 0 Å². The van der Waals surface area contributed by atoms with Crippen molar-refractivity contribution >= 4 is 31.8 Å². The van der Waals surface area contributed by atoms with Crippen LogP contribution in [0.25, 0.3) is 0 Å². The maximum atomic E-state index is 12.2. The number of hydrogen-bond donors (Lipinski definition) is 1. The third-order valence-corrected chi connectivity index (χ3v) is 4.83. The number of nitrogens with zero attached hydrogens (tertiary/aromatic N) is 1. The lowest BCUT2D eigenvalue weighted by atomic mass is 10.2. The molecule has 0 saturated carbocycles. The molecule has 2 rings (SSSR count). The van der Waals surface area contributed by atoms with Crippen molar-refractivity contribution in [3.8, 4) is 0 Å². The van der Waals surface area contributed by atoms with Crippen molar-refractivity contribution < 1.29 is 8.42 Å². The standard InChI is InChI=1S/C13H13BrN2O2S/c1-9-3-6-13(15-8-9)16-19(17,18)11-4-5-12(14)10(2)7-11/h3-8H,1-2H3,(H,15,16). The summed E-state index contributed by atoms with van der Waals surface area (Å²) in [5.41, 5.74) is 1.84. The Bertz CT molecular complexity index is 697. The van der Waals surface area contributed by atoms with Crippen LogP contribution < -0.4 is 4.72 Å². The highest BCUT2D eigenvalue weighted by atomic mass is 79.9. The molecular formula is C13H13BrN2O2S. The quantitative estimate of drug-likeness (QED) is 0.932. The monoisotopic (exact) mass is 340 g/mol. The van der Waals surface area contributed by atoms with Crippen molar-refractivity contribution in [2.45, 2.75) is 18.7 Å². The van der Waals surface area contributed by atoms with Gasteiger partial charge >= 0.3 is 0 Å². The van der Waals surface area contributed by atoms with Crippen molar-refractivity contribution in [1.82, 2.24) is 4.98 Å². The molecule has 0 aliphatic rings. The summed E-state index contributed by atoms with van der Waals surface area (Å²) < 4.78 is 27.7. The molecule has 1 heterocycles. The summed E-state index contributed by atoms with van der Waals surface area (Å²) in [6, 6.07) is 8.32. The van der Waals surface area contributed by atoms with Gasteiger partial charge in [-0.05, 0) is 49.2 Å². The molecule has 0 saturated heterocycles. The molecule has 0 aliphatic heterocycles. The van der Waals surface area contributed by atoms with Gasteiger partial charge in [-0.25, -0.2) is 13.4 Å². The van der Waals surface area contributed by atoms with Crippen LogP contribution in [0.1, 0.15) is 11.1 Å². The maximum Gasteiger partial charge on any atom is 0.263 e. The lowest BCUT2D eigenvalue weighted by Gasteiger charge is -2.08. The molecule has 0 atom stereocenters. The minimum atomic E-state index is -3.60. The Labute approximate surface area is 121 Å². The molecule has 0 radical (unpaired) electrons. The van der Waals surface area contributed by atoms with Crippen LogP contribution in [0.2, 0.25) is 0 Å². The van der Waals surface area contributed by atoms with Crippen LogP contribution in [0.5, 0.6) is 0 Å². The lowest BCUT2D eigenvalue weighted by molar-refractivity contribution is 0.601. The molecule has 19 heavy (non-hydrogen) atoms. The molecule has 4 nitrogen and oxygen atoms in total. The first-order valence-electron chi connectivity index (χ1n) is 5.60. The molecule has 0 bridgehead atoms. The Morgan fingerprint density at radius 3 is 2.47 bits per heavy atom. The number of rotatable bonds is 3. The van der Waals surface area contributed by atoms with Crippen LogP contribution in [0, 0.1) is 13.8 Å². The van der Waals surface area contributed by atoms with E-state index in [0.717, 1.165) is 15.6 Å². The van der Waals surface area contributed by atoms with Crippen molar-refractivity contribution in [2.24, 2.45) is 0 Å². The second-order valence-corrected chi connectivity index (χ2v) is 6.77. The van der Waals surface area contributed by atoms with E-state index in [2.05, 4.69) is 25.6 Å². The maximum absolute atomic E-state index is 12.2. The normalized spacial score (nSPS) is 11.3. The Kier molecular flexibility index (Phi) is 3.91. The summed E-state index contributed by atoms with van der Waals surface area (Å²) in [4.78, 5) is 4.25. The zero-order valence-corrected chi connectivity index (χ0v) is 12.9. The highest BCUT2D eigenvalue weighted by molar-refractivity contribution is 9.10. The van der Waals surface area contributed by atoms with Gasteiger partial charge in [0.2, 0.25) is 0 Å². The predicted molar refractivity (Wildman–Crippen MR) is 78.7 cm³/mol. The van der Waals surface area contributed by atoms with Crippen molar-refractivity contribution in [3.05, 3.63) is 52.1 Å². The Morgan fingerprint density at radius 1 is 1.16 bits per heavy atom. The molecule has 0 spiro atoms. The molecule has 1 N–H and O–H groups in total. The third-order valence-electron chi connectivity index (χ3n) is 2.59. The minimum Gasteiger partial charge on any atom is -0.263 e. The molecule has 100 valence electrons. The van der Waals surface area contributed by atoms with Crippen LogP contribution in [0.15, 0.2) is 45.9 Å². The van der Waals surface area contributed by atoms with Crippen LogP contribution >= 0.6 is 15.9 Å². The second kappa shape index (κ2) is 5.30. The van der Waals surface area contributed by atoms with E-state index in [1.165, 1.54) is 0 Å². The summed E-state index contributed by atoms with van der Waals surface area (Å²) in [6.07, 6.45) is 1.62. The van der Waals surface area contributed by atoms with Gasteiger partial charge in [0.05, 0.1) is 4.90 Å². The van der Waals surface area contributed by atoms with Crippen LogP contribution in [-0.4, -0.2) is 13.4 Å². The summed E-state index contributed by atoms with van der Waals surface area (Å²) in [6.45, 7) is 3.73. The number of anilines is 1. The van der Waals surface area contributed by atoms with Crippen molar-refractivity contribution in [3.63, 3.8) is 0 Å². The SMILES string of the molecule is Cc1ccc(NS(=O)(=O)c2ccc(Br)c(C)c2)nc1. The van der Waals surface area contributed by atoms with E-state index in [0.29, 0.717) is 5.82 Å². The zero-order chi connectivity index (χ0) is 14.0. The average Bonchev–Trinajstić information content (AvgIpc) is 2.35. The molecule has 1 aromatic carbocycles. The largest absolute Gasteiger partial charge is 0.263 e. The molecule has 1 aromatic heterocycles. The number of aromatic nitrogens is 1. The van der Waals surface area contributed by atoms with Gasteiger partial charge in [-0.1, -0.05) is 22.0 Å². The highest BCUT2D eigenvalue weighted by Gasteiger charge is 2.15. The first-order chi connectivity index (χ1) is 8.88. The lowest BCUT2D eigenvalue weighted by Crippen LogP contribution is -2.14. The first-order valence-corrected chi connectivity index (χ1v) is 7.88. The van der Waals surface area contributed by atoms with Gasteiger partial charge in [0, 0.05) is 10.7 Å². The third kappa shape index (κ3) is 3.33. The molecule has 6 heteroatoms. The number of benzene rings is 1. The van der Waals surface area contributed by atoms with E-state index in [4.69, 9.17) is 0 Å². The van der Waals surface area contributed by atoms with Crippen molar-refractivity contribution in [1.29, 1.82) is 0 Å². The second-order valence-electron chi connectivity index (χ2n) is 4.24. The smallest absolute Gasteiger partial charge is 0.263 e. The van der Waals surface area contributed by atoms with Gasteiger partial charge in [-0.15, -0.1) is 0 Å². The van der Waals surface area contributed by atoms with Crippen LogP contribution in [-0.2, 0) is 10.0 Å². The summed E-state index contributed by atoms with van der Waals surface area (Å²) in [5, 5.41) is 0. The Balaban J connectivity index is 2.32. The fourth-order valence-corrected chi connectivity index (χ4v) is 2.85. The molecule has 2 aromatic rings. The van der Waals surface area contributed by atoms with E-state index in [1.807, 2.05) is 13.8 Å². The summed E-state index contributed by atoms with van der Waals surface area (Å²) >= 11 is 3.34. The van der Waals surface area contributed by atoms with Gasteiger partial charge in [0.1, 0.15) is 5.82 Å². The number of pyridine rings is 1. The van der Waals surface area contributed by atoms with Crippen molar-refractivity contribution in [2.75, 3.05) is 4.72 Å². The van der Waals surface area contributed by atoms with Crippen LogP contribution in [0.3, 0.4) is 0 Å². The number of hydrogen-bond acceptors (Lipinski definition) is 3. The van der Waals surface area contributed by atoms with Gasteiger partial charge in [0.15, 0.2) is 0 Å². The number of nitrogens with one attached hydrogen (secondary N) is 1. The van der Waals surface area contributed by atoms with Gasteiger partial charge in [-0.2, -0.15) is 0 Å². The van der Waals surface area contributed by atoms with Crippen LogP contribution in [0.4, 0.5) is 5.82 Å². The summed E-state index contributed by atoms with van der Waals surface area (Å²) in [5.74, 6) is 0.311.